The summed E-state index contributed by atoms with van der Waals surface area (Å²) in [5, 5.41) is 4.73. The highest BCUT2D eigenvalue weighted by Gasteiger charge is 2.20. The lowest BCUT2D eigenvalue weighted by Gasteiger charge is -2.06. The molecule has 0 amide bonds. The zero-order valence-corrected chi connectivity index (χ0v) is 9.75. The Morgan fingerprint density at radius 3 is 2.43 bits per heavy atom. The lowest BCUT2D eigenvalue weighted by molar-refractivity contribution is 0.570. The van der Waals surface area contributed by atoms with Gasteiger partial charge in [-0.2, -0.15) is 0 Å². The molecule has 0 atom stereocenters. The molecule has 78 valence electrons. The molecule has 0 fully saturated rings. The van der Waals surface area contributed by atoms with E-state index >= 15 is 0 Å². The molecular formula is C6H5BrClFN2O2S. The van der Waals surface area contributed by atoms with Crippen LogP contribution in [-0.2, 0) is 10.0 Å². The Morgan fingerprint density at radius 2 is 2.00 bits per heavy atom. The van der Waals surface area contributed by atoms with Gasteiger partial charge in [-0.3, -0.25) is 0 Å². The van der Waals surface area contributed by atoms with Crippen LogP contribution < -0.4 is 10.9 Å². The Morgan fingerprint density at radius 1 is 1.50 bits per heavy atom. The minimum absolute atomic E-state index is 0.0204. The van der Waals surface area contributed by atoms with Crippen molar-refractivity contribution in [1.82, 2.24) is 0 Å². The van der Waals surface area contributed by atoms with Gasteiger partial charge in [-0.25, -0.2) is 17.9 Å². The maximum absolute atomic E-state index is 13.3. The van der Waals surface area contributed by atoms with Crippen molar-refractivity contribution in [3.63, 3.8) is 0 Å². The van der Waals surface area contributed by atoms with E-state index in [2.05, 4.69) is 15.9 Å². The number of hydrogen-bond donors (Lipinski definition) is 2. The van der Waals surface area contributed by atoms with Gasteiger partial charge >= 0.3 is 0 Å². The molecule has 8 heteroatoms. The van der Waals surface area contributed by atoms with Crippen LogP contribution in [0.2, 0.25) is 5.02 Å². The fourth-order valence-electron chi connectivity index (χ4n) is 0.807. The van der Waals surface area contributed by atoms with E-state index in [1.807, 2.05) is 0 Å². The first-order chi connectivity index (χ1) is 6.25. The quantitative estimate of drug-likeness (QED) is 0.608. The van der Waals surface area contributed by atoms with Gasteiger partial charge in [0.1, 0.15) is 4.90 Å². The molecule has 0 aliphatic rings. The van der Waals surface area contributed by atoms with Gasteiger partial charge in [0.15, 0.2) is 5.82 Å². The first kappa shape index (κ1) is 11.7. The highest BCUT2D eigenvalue weighted by molar-refractivity contribution is 9.10. The molecule has 0 aromatic heterocycles. The van der Waals surface area contributed by atoms with E-state index in [9.17, 15) is 12.8 Å². The molecule has 4 nitrogen and oxygen atoms in total. The molecule has 0 unspecified atom stereocenters. The van der Waals surface area contributed by atoms with Crippen LogP contribution in [0.1, 0.15) is 0 Å². The second kappa shape index (κ2) is 3.65. The number of hydrogen-bond acceptors (Lipinski definition) is 3. The van der Waals surface area contributed by atoms with Gasteiger partial charge in [-0.15, -0.1) is 0 Å². The summed E-state index contributed by atoms with van der Waals surface area (Å²) in [5.74, 6) is -1.11. The van der Waals surface area contributed by atoms with E-state index in [1.54, 1.807) is 0 Å². The third-order valence-electron chi connectivity index (χ3n) is 1.46. The molecule has 1 aromatic carbocycles. The van der Waals surface area contributed by atoms with Gasteiger partial charge in [-0.1, -0.05) is 11.6 Å². The van der Waals surface area contributed by atoms with Crippen molar-refractivity contribution in [3.05, 3.63) is 21.4 Å². The van der Waals surface area contributed by atoms with Gasteiger partial charge in [-0.05, 0) is 22.0 Å². The van der Waals surface area contributed by atoms with Crippen molar-refractivity contribution in [2.24, 2.45) is 5.14 Å². The van der Waals surface area contributed by atoms with Gasteiger partial charge in [0.2, 0.25) is 10.0 Å². The standard InChI is InChI=1S/C6H5BrClFN2O2S/c7-4-2(8)1-3(14(11,12)13)5(9)6(4)10/h1H,10H2,(H2,11,12,13). The van der Waals surface area contributed by atoms with Crippen molar-refractivity contribution >= 4 is 43.2 Å². The summed E-state index contributed by atoms with van der Waals surface area (Å²) in [6.07, 6.45) is 0. The van der Waals surface area contributed by atoms with Crippen molar-refractivity contribution in [2.75, 3.05) is 5.73 Å². The van der Waals surface area contributed by atoms with Gasteiger partial charge in [0, 0.05) is 0 Å². The van der Waals surface area contributed by atoms with Gasteiger partial charge in [0.05, 0.1) is 15.2 Å². The summed E-state index contributed by atoms with van der Waals surface area (Å²) >= 11 is 8.48. The highest BCUT2D eigenvalue weighted by atomic mass is 79.9. The number of rotatable bonds is 1. The first-order valence-electron chi connectivity index (χ1n) is 3.21. The lowest BCUT2D eigenvalue weighted by atomic mass is 10.3. The van der Waals surface area contributed by atoms with Crippen molar-refractivity contribution in [1.29, 1.82) is 0 Å². The maximum atomic E-state index is 13.3. The van der Waals surface area contributed by atoms with E-state index < -0.39 is 20.7 Å². The minimum atomic E-state index is -4.16. The molecule has 0 radical (unpaired) electrons. The zero-order chi connectivity index (χ0) is 11.1. The molecular weight excluding hydrogens is 298 g/mol. The number of primary sulfonamides is 1. The number of nitrogen functional groups attached to an aromatic ring is 1. The molecule has 0 spiro atoms. The fourth-order valence-corrected chi connectivity index (χ4v) is 2.01. The van der Waals surface area contributed by atoms with Crippen LogP contribution in [0, 0.1) is 5.82 Å². The van der Waals surface area contributed by atoms with E-state index in [-0.39, 0.29) is 15.2 Å². The normalized spacial score (nSPS) is 11.7. The number of sulfonamides is 1. The third-order valence-corrected chi connectivity index (χ3v) is 3.75. The van der Waals surface area contributed by atoms with E-state index in [1.165, 1.54) is 0 Å². The average Bonchev–Trinajstić information content (AvgIpc) is 2.06. The largest absolute Gasteiger partial charge is 0.395 e. The van der Waals surface area contributed by atoms with Crippen LogP contribution in [0.25, 0.3) is 0 Å². The number of nitrogens with two attached hydrogens (primary N) is 2. The molecule has 0 aliphatic carbocycles. The molecule has 0 bridgehead atoms. The van der Waals surface area contributed by atoms with Gasteiger partial charge < -0.3 is 5.73 Å². The summed E-state index contributed by atoms with van der Waals surface area (Å²) in [6.45, 7) is 0. The summed E-state index contributed by atoms with van der Waals surface area (Å²) in [4.78, 5) is -0.719. The van der Waals surface area contributed by atoms with Crippen molar-refractivity contribution < 1.29 is 12.8 Å². The van der Waals surface area contributed by atoms with Crippen molar-refractivity contribution in [2.45, 2.75) is 4.90 Å². The van der Waals surface area contributed by atoms with Crippen LogP contribution in [0.4, 0.5) is 10.1 Å². The monoisotopic (exact) mass is 302 g/mol. The molecule has 0 aliphatic heterocycles. The highest BCUT2D eigenvalue weighted by Crippen LogP contribution is 2.34. The summed E-state index contributed by atoms with van der Waals surface area (Å²) in [6, 6.07) is 0.896. The molecule has 1 rings (SSSR count). The Kier molecular flexibility index (Phi) is 3.05. The van der Waals surface area contributed by atoms with Crippen molar-refractivity contribution in [3.8, 4) is 0 Å². The number of benzene rings is 1. The second-order valence-electron chi connectivity index (χ2n) is 2.44. The Hall–Kier alpha value is -0.370. The number of halogens is 3. The van der Waals surface area contributed by atoms with Crippen LogP contribution in [-0.4, -0.2) is 8.42 Å². The van der Waals surface area contributed by atoms with E-state index in [0.717, 1.165) is 6.07 Å². The Bertz CT molecular complexity index is 491. The minimum Gasteiger partial charge on any atom is -0.395 e. The summed E-state index contributed by atoms with van der Waals surface area (Å²) < 4.78 is 35.1. The molecule has 0 saturated carbocycles. The second-order valence-corrected chi connectivity index (χ2v) is 5.17. The molecule has 14 heavy (non-hydrogen) atoms. The van der Waals surface area contributed by atoms with E-state index in [0.29, 0.717) is 0 Å². The van der Waals surface area contributed by atoms with Crippen LogP contribution >= 0.6 is 27.5 Å². The van der Waals surface area contributed by atoms with Crippen LogP contribution in [0.5, 0.6) is 0 Å². The topological polar surface area (TPSA) is 86.2 Å². The van der Waals surface area contributed by atoms with E-state index in [4.69, 9.17) is 22.5 Å². The first-order valence-corrected chi connectivity index (χ1v) is 5.92. The molecule has 0 heterocycles. The third kappa shape index (κ3) is 2.00. The number of anilines is 1. The maximum Gasteiger partial charge on any atom is 0.241 e. The lowest BCUT2D eigenvalue weighted by Crippen LogP contribution is -2.15. The predicted octanol–water partition coefficient (Wildman–Crippen LogP) is 1.47. The van der Waals surface area contributed by atoms with Crippen LogP contribution in [0.3, 0.4) is 0 Å². The summed E-state index contributed by atoms with van der Waals surface area (Å²) in [7, 11) is -4.16. The Balaban J connectivity index is 3.66. The SMILES string of the molecule is Nc1c(F)c(S(N)(=O)=O)cc(Cl)c1Br. The smallest absolute Gasteiger partial charge is 0.241 e. The predicted molar refractivity (Wildman–Crippen MR) is 54.9 cm³/mol. The molecule has 1 aromatic rings. The average molecular weight is 304 g/mol. The molecule has 4 N–H and O–H groups in total. The Labute approximate surface area is 93.2 Å². The molecule has 0 saturated heterocycles. The summed E-state index contributed by atoms with van der Waals surface area (Å²) in [5.41, 5.74) is 4.87. The van der Waals surface area contributed by atoms with Crippen LogP contribution in [0.15, 0.2) is 15.4 Å². The fraction of sp³-hybridized carbons (Fsp3) is 0. The van der Waals surface area contributed by atoms with Gasteiger partial charge in [0.25, 0.3) is 0 Å². The zero-order valence-electron chi connectivity index (χ0n) is 6.59.